The third-order valence-electron chi connectivity index (χ3n) is 3.14. The van der Waals surface area contributed by atoms with Crippen molar-refractivity contribution in [1.82, 2.24) is 14.5 Å². The zero-order valence-electron chi connectivity index (χ0n) is 10.9. The van der Waals surface area contributed by atoms with Crippen LogP contribution in [0.1, 0.15) is 11.3 Å². The van der Waals surface area contributed by atoms with Gasteiger partial charge in [0, 0.05) is 29.9 Å². The summed E-state index contributed by atoms with van der Waals surface area (Å²) < 4.78 is 2.09. The van der Waals surface area contributed by atoms with Crippen LogP contribution in [0, 0.1) is 6.92 Å². The number of allylic oxidation sites excluding steroid dienone is 1. The molecule has 0 aliphatic rings. The van der Waals surface area contributed by atoms with Crippen molar-refractivity contribution in [3.8, 4) is 5.95 Å². The van der Waals surface area contributed by atoms with Crippen molar-refractivity contribution in [1.29, 1.82) is 0 Å². The summed E-state index contributed by atoms with van der Waals surface area (Å²) in [5, 5.41) is 1.21. The van der Waals surface area contributed by atoms with E-state index in [0.29, 0.717) is 5.95 Å². The maximum atomic E-state index is 4.35. The average Bonchev–Trinajstić information content (AvgIpc) is 2.77. The highest BCUT2D eigenvalue weighted by Gasteiger charge is 2.11. The highest BCUT2D eigenvalue weighted by Crippen LogP contribution is 2.24. The van der Waals surface area contributed by atoms with Crippen molar-refractivity contribution >= 4 is 10.9 Å². The number of nitrogens with zero attached hydrogens (tertiary/aromatic N) is 3. The van der Waals surface area contributed by atoms with Crippen LogP contribution in [0.3, 0.4) is 0 Å². The van der Waals surface area contributed by atoms with E-state index in [9.17, 15) is 0 Å². The number of fused-ring (bicyclic) bond motifs is 1. The molecular weight excluding hydrogens is 234 g/mol. The molecule has 0 spiro atoms. The molecule has 0 saturated heterocycles. The van der Waals surface area contributed by atoms with E-state index < -0.39 is 0 Å². The largest absolute Gasteiger partial charge is 0.282 e. The molecule has 3 heteroatoms. The second-order valence-electron chi connectivity index (χ2n) is 4.57. The molecule has 3 nitrogen and oxygen atoms in total. The summed E-state index contributed by atoms with van der Waals surface area (Å²) in [6.07, 6.45) is 6.23. The lowest BCUT2D eigenvalue weighted by atomic mass is 10.2. The maximum Gasteiger partial charge on any atom is 0.234 e. The molecule has 19 heavy (non-hydrogen) atoms. The van der Waals surface area contributed by atoms with Crippen LogP contribution in [0.2, 0.25) is 0 Å². The van der Waals surface area contributed by atoms with Gasteiger partial charge in [-0.25, -0.2) is 9.97 Å². The molecular formula is C16H15N3. The van der Waals surface area contributed by atoms with Gasteiger partial charge in [0.1, 0.15) is 0 Å². The number of hydrogen-bond donors (Lipinski definition) is 0. The quantitative estimate of drug-likeness (QED) is 0.665. The van der Waals surface area contributed by atoms with Gasteiger partial charge < -0.3 is 0 Å². The predicted octanol–water partition coefficient (Wildman–Crippen LogP) is 3.46. The molecule has 3 rings (SSSR count). The summed E-state index contributed by atoms with van der Waals surface area (Å²) in [4.78, 5) is 8.71. The number of aryl methyl sites for hydroxylation is 1. The Bertz CT molecular complexity index is 726. The van der Waals surface area contributed by atoms with Gasteiger partial charge in [0.15, 0.2) is 0 Å². The summed E-state index contributed by atoms with van der Waals surface area (Å²) in [6.45, 7) is 5.92. The fraction of sp³-hybridized carbons (Fsp3) is 0.125. The van der Waals surface area contributed by atoms with Gasteiger partial charge in [-0.1, -0.05) is 17.7 Å². The predicted molar refractivity (Wildman–Crippen MR) is 77.5 cm³/mol. The lowest BCUT2D eigenvalue weighted by molar-refractivity contribution is 0.907. The fourth-order valence-electron chi connectivity index (χ4n) is 2.33. The van der Waals surface area contributed by atoms with E-state index in [4.69, 9.17) is 0 Å². The Balaban J connectivity index is 2.31. The average molecular weight is 249 g/mol. The zero-order chi connectivity index (χ0) is 13.2. The Morgan fingerprint density at radius 1 is 1.21 bits per heavy atom. The summed E-state index contributed by atoms with van der Waals surface area (Å²) in [6, 6.07) is 10.4. The van der Waals surface area contributed by atoms with Crippen LogP contribution >= 0.6 is 0 Å². The van der Waals surface area contributed by atoms with E-state index in [-0.39, 0.29) is 0 Å². The van der Waals surface area contributed by atoms with Gasteiger partial charge in [-0.2, -0.15) is 0 Å². The monoisotopic (exact) mass is 249 g/mol. The van der Waals surface area contributed by atoms with Gasteiger partial charge >= 0.3 is 0 Å². The number of aromatic nitrogens is 3. The van der Waals surface area contributed by atoms with E-state index in [1.165, 1.54) is 10.9 Å². The van der Waals surface area contributed by atoms with Gasteiger partial charge in [0.25, 0.3) is 0 Å². The summed E-state index contributed by atoms with van der Waals surface area (Å²) >= 11 is 0. The van der Waals surface area contributed by atoms with Crippen LogP contribution < -0.4 is 0 Å². The Labute approximate surface area is 112 Å². The molecule has 3 aromatic rings. The molecule has 2 aromatic heterocycles. The first-order chi connectivity index (χ1) is 9.29. The lowest BCUT2D eigenvalue weighted by Crippen LogP contribution is -2.03. The Morgan fingerprint density at radius 3 is 2.74 bits per heavy atom. The topological polar surface area (TPSA) is 30.7 Å². The molecule has 0 atom stereocenters. The van der Waals surface area contributed by atoms with E-state index in [0.717, 1.165) is 17.6 Å². The Hall–Kier alpha value is -2.42. The Kier molecular flexibility index (Phi) is 2.88. The van der Waals surface area contributed by atoms with Crippen LogP contribution in [-0.4, -0.2) is 14.5 Å². The minimum Gasteiger partial charge on any atom is -0.282 e. The molecule has 2 heterocycles. The molecule has 0 amide bonds. The van der Waals surface area contributed by atoms with Crippen molar-refractivity contribution in [3.05, 3.63) is 66.6 Å². The van der Waals surface area contributed by atoms with Crippen LogP contribution in [0.25, 0.3) is 16.9 Å². The first-order valence-corrected chi connectivity index (χ1v) is 6.29. The molecule has 94 valence electrons. The molecule has 0 aliphatic carbocycles. The smallest absolute Gasteiger partial charge is 0.234 e. The molecule has 0 N–H and O–H groups in total. The first kappa shape index (κ1) is 11.7. The molecule has 0 fully saturated rings. The minimum absolute atomic E-state index is 0.707. The van der Waals surface area contributed by atoms with Crippen LogP contribution in [0.15, 0.2) is 55.4 Å². The molecule has 0 radical (unpaired) electrons. The van der Waals surface area contributed by atoms with E-state index in [1.54, 1.807) is 12.4 Å². The van der Waals surface area contributed by atoms with Gasteiger partial charge in [-0.3, -0.25) is 4.57 Å². The van der Waals surface area contributed by atoms with E-state index in [1.807, 2.05) is 12.1 Å². The maximum absolute atomic E-state index is 4.35. The molecule has 0 aliphatic heterocycles. The van der Waals surface area contributed by atoms with E-state index >= 15 is 0 Å². The van der Waals surface area contributed by atoms with Gasteiger partial charge in [-0.15, -0.1) is 6.58 Å². The number of rotatable bonds is 3. The van der Waals surface area contributed by atoms with Crippen molar-refractivity contribution in [2.24, 2.45) is 0 Å². The minimum atomic E-state index is 0.707. The van der Waals surface area contributed by atoms with Crippen LogP contribution in [0.5, 0.6) is 0 Å². The van der Waals surface area contributed by atoms with E-state index in [2.05, 4.69) is 52.3 Å². The zero-order valence-corrected chi connectivity index (χ0v) is 10.9. The second-order valence-corrected chi connectivity index (χ2v) is 4.57. The number of benzene rings is 1. The highest BCUT2D eigenvalue weighted by molar-refractivity contribution is 5.83. The third-order valence-corrected chi connectivity index (χ3v) is 3.14. The summed E-state index contributed by atoms with van der Waals surface area (Å²) in [5.74, 6) is 0.707. The van der Waals surface area contributed by atoms with Crippen molar-refractivity contribution < 1.29 is 0 Å². The normalized spacial score (nSPS) is 10.8. The first-order valence-electron chi connectivity index (χ1n) is 6.29. The van der Waals surface area contributed by atoms with Gasteiger partial charge in [-0.05, 0) is 31.2 Å². The van der Waals surface area contributed by atoms with Crippen LogP contribution in [-0.2, 0) is 6.42 Å². The third kappa shape index (κ3) is 2.03. The molecule has 0 unspecified atom stereocenters. The summed E-state index contributed by atoms with van der Waals surface area (Å²) in [5.41, 5.74) is 3.54. The Morgan fingerprint density at radius 2 is 2.00 bits per heavy atom. The highest BCUT2D eigenvalue weighted by atomic mass is 15.1. The SMILES string of the molecule is C=CCc1cc2cc(C)ccc2n1-c1ncccn1. The molecule has 1 aromatic carbocycles. The lowest BCUT2D eigenvalue weighted by Gasteiger charge is -2.07. The fourth-order valence-corrected chi connectivity index (χ4v) is 2.33. The van der Waals surface area contributed by atoms with Crippen LogP contribution in [0.4, 0.5) is 0 Å². The molecule has 0 bridgehead atoms. The standard InChI is InChI=1S/C16H15N3/c1-3-5-14-11-13-10-12(2)6-7-15(13)19(14)16-17-8-4-9-18-16/h3-4,6-11H,1,5H2,2H3. The number of hydrogen-bond acceptors (Lipinski definition) is 2. The van der Waals surface area contributed by atoms with Gasteiger partial charge in [0.2, 0.25) is 5.95 Å². The van der Waals surface area contributed by atoms with Crippen molar-refractivity contribution in [2.45, 2.75) is 13.3 Å². The van der Waals surface area contributed by atoms with Gasteiger partial charge in [0.05, 0.1) is 5.52 Å². The molecule has 0 saturated carbocycles. The van der Waals surface area contributed by atoms with Crippen molar-refractivity contribution in [2.75, 3.05) is 0 Å². The second kappa shape index (κ2) is 4.69. The summed E-state index contributed by atoms with van der Waals surface area (Å²) in [7, 11) is 0. The van der Waals surface area contributed by atoms with Crippen molar-refractivity contribution in [3.63, 3.8) is 0 Å².